The van der Waals surface area contributed by atoms with E-state index in [1.165, 1.54) is 29.9 Å². The fourth-order valence-electron chi connectivity index (χ4n) is 2.13. The molecule has 1 aromatic carbocycles. The SMILES string of the molecule is COc1cc(CNC2CCSCC2)cc(OC)c1. The summed E-state index contributed by atoms with van der Waals surface area (Å²) < 4.78 is 10.6. The van der Waals surface area contributed by atoms with Crippen molar-refractivity contribution in [1.82, 2.24) is 5.32 Å². The van der Waals surface area contributed by atoms with Crippen molar-refractivity contribution in [2.45, 2.75) is 25.4 Å². The summed E-state index contributed by atoms with van der Waals surface area (Å²) in [6.07, 6.45) is 2.54. The number of ether oxygens (including phenoxy) is 2. The Morgan fingerprint density at radius 2 is 1.72 bits per heavy atom. The average Bonchev–Trinajstić information content (AvgIpc) is 2.45. The van der Waals surface area contributed by atoms with Crippen LogP contribution in [0.3, 0.4) is 0 Å². The van der Waals surface area contributed by atoms with Gasteiger partial charge in [0.25, 0.3) is 0 Å². The second kappa shape index (κ2) is 6.90. The van der Waals surface area contributed by atoms with Crippen molar-refractivity contribution in [2.24, 2.45) is 0 Å². The van der Waals surface area contributed by atoms with Gasteiger partial charge >= 0.3 is 0 Å². The smallest absolute Gasteiger partial charge is 0.122 e. The number of thioether (sulfide) groups is 1. The number of methoxy groups -OCH3 is 2. The van der Waals surface area contributed by atoms with Crippen LogP contribution in [0, 0.1) is 0 Å². The summed E-state index contributed by atoms with van der Waals surface area (Å²) in [6, 6.07) is 6.68. The Morgan fingerprint density at radius 3 is 2.28 bits per heavy atom. The lowest BCUT2D eigenvalue weighted by molar-refractivity contribution is 0.392. The molecule has 1 saturated heterocycles. The summed E-state index contributed by atoms with van der Waals surface area (Å²) in [5.74, 6) is 4.26. The van der Waals surface area contributed by atoms with Crippen LogP contribution in [-0.4, -0.2) is 31.8 Å². The second-order valence-electron chi connectivity index (χ2n) is 4.49. The highest BCUT2D eigenvalue weighted by Crippen LogP contribution is 2.23. The Balaban J connectivity index is 1.94. The highest BCUT2D eigenvalue weighted by atomic mass is 32.2. The normalized spacial score (nSPS) is 16.6. The molecule has 0 aliphatic carbocycles. The van der Waals surface area contributed by atoms with Crippen molar-refractivity contribution in [3.05, 3.63) is 23.8 Å². The molecule has 1 N–H and O–H groups in total. The third-order valence-corrected chi connectivity index (χ3v) is 4.28. The minimum absolute atomic E-state index is 0.656. The molecule has 1 aliphatic heterocycles. The number of hydrogen-bond donors (Lipinski definition) is 1. The van der Waals surface area contributed by atoms with Gasteiger partial charge in [0, 0.05) is 18.7 Å². The van der Waals surface area contributed by atoms with E-state index in [0.717, 1.165) is 18.0 Å². The zero-order chi connectivity index (χ0) is 12.8. The van der Waals surface area contributed by atoms with Crippen molar-refractivity contribution in [3.8, 4) is 11.5 Å². The minimum Gasteiger partial charge on any atom is -0.497 e. The van der Waals surface area contributed by atoms with Crippen molar-refractivity contribution >= 4 is 11.8 Å². The van der Waals surface area contributed by atoms with Gasteiger partial charge in [0.15, 0.2) is 0 Å². The molecule has 1 heterocycles. The molecule has 0 saturated carbocycles. The molecular formula is C14H21NO2S. The van der Waals surface area contributed by atoms with Crippen LogP contribution >= 0.6 is 11.8 Å². The molecule has 1 aromatic rings. The van der Waals surface area contributed by atoms with E-state index < -0.39 is 0 Å². The van der Waals surface area contributed by atoms with Crippen LogP contribution in [0.15, 0.2) is 18.2 Å². The van der Waals surface area contributed by atoms with E-state index in [9.17, 15) is 0 Å². The fraction of sp³-hybridized carbons (Fsp3) is 0.571. The van der Waals surface area contributed by atoms with Crippen LogP contribution in [0.4, 0.5) is 0 Å². The summed E-state index contributed by atoms with van der Waals surface area (Å²) in [6.45, 7) is 0.878. The molecule has 4 heteroatoms. The molecule has 0 unspecified atom stereocenters. The maximum Gasteiger partial charge on any atom is 0.122 e. The molecule has 0 aromatic heterocycles. The van der Waals surface area contributed by atoms with Crippen LogP contribution < -0.4 is 14.8 Å². The van der Waals surface area contributed by atoms with Crippen LogP contribution in [0.1, 0.15) is 18.4 Å². The van der Waals surface area contributed by atoms with Crippen molar-refractivity contribution in [1.29, 1.82) is 0 Å². The number of nitrogens with one attached hydrogen (secondary N) is 1. The summed E-state index contributed by atoms with van der Waals surface area (Å²) in [4.78, 5) is 0. The Morgan fingerprint density at radius 1 is 1.11 bits per heavy atom. The van der Waals surface area contributed by atoms with Crippen LogP contribution in [0.5, 0.6) is 11.5 Å². The summed E-state index contributed by atoms with van der Waals surface area (Å²) in [7, 11) is 3.37. The lowest BCUT2D eigenvalue weighted by atomic mass is 10.1. The van der Waals surface area contributed by atoms with Crippen LogP contribution in [0.25, 0.3) is 0 Å². The molecule has 1 fully saturated rings. The van der Waals surface area contributed by atoms with E-state index in [4.69, 9.17) is 9.47 Å². The van der Waals surface area contributed by atoms with Crippen molar-refractivity contribution in [3.63, 3.8) is 0 Å². The Hall–Kier alpha value is -0.870. The van der Waals surface area contributed by atoms with Gasteiger partial charge < -0.3 is 14.8 Å². The van der Waals surface area contributed by atoms with Gasteiger partial charge in [-0.1, -0.05) is 0 Å². The number of rotatable bonds is 5. The molecule has 0 spiro atoms. The number of benzene rings is 1. The quantitative estimate of drug-likeness (QED) is 0.888. The zero-order valence-electron chi connectivity index (χ0n) is 11.1. The van der Waals surface area contributed by atoms with E-state index in [0.29, 0.717) is 6.04 Å². The maximum absolute atomic E-state index is 5.28. The molecule has 0 bridgehead atoms. The Labute approximate surface area is 113 Å². The molecule has 0 radical (unpaired) electrons. The lowest BCUT2D eigenvalue weighted by Crippen LogP contribution is -2.32. The van der Waals surface area contributed by atoms with E-state index in [1.807, 2.05) is 6.07 Å². The third-order valence-electron chi connectivity index (χ3n) is 3.23. The first-order valence-corrected chi connectivity index (χ1v) is 7.50. The van der Waals surface area contributed by atoms with Gasteiger partial charge in [-0.2, -0.15) is 11.8 Å². The molecule has 100 valence electrons. The molecule has 2 rings (SSSR count). The predicted molar refractivity (Wildman–Crippen MR) is 76.7 cm³/mol. The van der Waals surface area contributed by atoms with E-state index in [2.05, 4.69) is 29.2 Å². The number of hydrogen-bond acceptors (Lipinski definition) is 4. The molecule has 3 nitrogen and oxygen atoms in total. The Kier molecular flexibility index (Phi) is 5.20. The van der Waals surface area contributed by atoms with Gasteiger partial charge in [0.2, 0.25) is 0 Å². The highest BCUT2D eigenvalue weighted by Gasteiger charge is 2.13. The lowest BCUT2D eigenvalue weighted by Gasteiger charge is -2.22. The van der Waals surface area contributed by atoms with Gasteiger partial charge in [-0.25, -0.2) is 0 Å². The topological polar surface area (TPSA) is 30.5 Å². The van der Waals surface area contributed by atoms with Gasteiger partial charge in [-0.05, 0) is 42.0 Å². The monoisotopic (exact) mass is 267 g/mol. The summed E-state index contributed by atoms with van der Waals surface area (Å²) in [5, 5.41) is 3.62. The first-order valence-electron chi connectivity index (χ1n) is 6.35. The molecular weight excluding hydrogens is 246 g/mol. The van der Waals surface area contributed by atoms with E-state index in [-0.39, 0.29) is 0 Å². The minimum atomic E-state index is 0.656. The largest absolute Gasteiger partial charge is 0.497 e. The standard InChI is InChI=1S/C14H21NO2S/c1-16-13-7-11(8-14(9-13)17-2)10-15-12-3-5-18-6-4-12/h7-9,12,15H,3-6,10H2,1-2H3. The summed E-state index contributed by atoms with van der Waals surface area (Å²) >= 11 is 2.05. The van der Waals surface area contributed by atoms with Gasteiger partial charge in [-0.15, -0.1) is 0 Å². The van der Waals surface area contributed by atoms with E-state index in [1.54, 1.807) is 14.2 Å². The van der Waals surface area contributed by atoms with Crippen LogP contribution in [0.2, 0.25) is 0 Å². The third kappa shape index (κ3) is 3.82. The molecule has 0 atom stereocenters. The molecule has 0 amide bonds. The molecule has 1 aliphatic rings. The van der Waals surface area contributed by atoms with Crippen LogP contribution in [-0.2, 0) is 6.54 Å². The highest BCUT2D eigenvalue weighted by molar-refractivity contribution is 7.99. The average molecular weight is 267 g/mol. The molecule has 18 heavy (non-hydrogen) atoms. The first kappa shape index (κ1) is 13.6. The Bertz CT molecular complexity index is 356. The predicted octanol–water partition coefficient (Wildman–Crippen LogP) is 2.69. The van der Waals surface area contributed by atoms with E-state index >= 15 is 0 Å². The van der Waals surface area contributed by atoms with Crippen molar-refractivity contribution < 1.29 is 9.47 Å². The van der Waals surface area contributed by atoms with Gasteiger partial charge in [-0.3, -0.25) is 0 Å². The summed E-state index contributed by atoms with van der Waals surface area (Å²) in [5.41, 5.74) is 1.21. The van der Waals surface area contributed by atoms with Crippen molar-refractivity contribution in [2.75, 3.05) is 25.7 Å². The maximum atomic E-state index is 5.28. The fourth-order valence-corrected chi connectivity index (χ4v) is 3.24. The zero-order valence-corrected chi connectivity index (χ0v) is 11.9. The second-order valence-corrected chi connectivity index (χ2v) is 5.71. The first-order chi connectivity index (χ1) is 8.81. The van der Waals surface area contributed by atoms with Gasteiger partial charge in [0.1, 0.15) is 11.5 Å². The van der Waals surface area contributed by atoms with Gasteiger partial charge in [0.05, 0.1) is 14.2 Å².